The van der Waals surface area contributed by atoms with Crippen LogP contribution in [-0.2, 0) is 10.3 Å². The molecule has 1 aromatic carbocycles. The first-order valence-corrected chi connectivity index (χ1v) is 13.3. The standard InChI is InChI=1S/C28H38N6O3/c1-32(2)28(22-10-5-4-6-11-22)14-12-27(13-15-28)20-33(26(36)34(27)18-21-8-7-9-21)19-24(35)31-25-29-16-23(37-3)17-30-25/h4-6,10-11,16-17,21H,7-9,12-15,18-20H2,1-3H3,(H,29,30,31,35). The maximum atomic E-state index is 13.7. The number of hydrogen-bond donors (Lipinski definition) is 1. The minimum Gasteiger partial charge on any atom is -0.494 e. The number of hydrogen-bond acceptors (Lipinski definition) is 6. The lowest BCUT2D eigenvalue weighted by Crippen LogP contribution is -2.56. The van der Waals surface area contributed by atoms with Crippen molar-refractivity contribution in [1.82, 2.24) is 24.7 Å². The van der Waals surface area contributed by atoms with Crippen molar-refractivity contribution < 1.29 is 14.3 Å². The van der Waals surface area contributed by atoms with E-state index in [2.05, 4.69) is 69.5 Å². The van der Waals surface area contributed by atoms with Crippen molar-refractivity contribution in [2.75, 3.05) is 46.2 Å². The third kappa shape index (κ3) is 4.89. The van der Waals surface area contributed by atoms with Gasteiger partial charge in [-0.1, -0.05) is 36.8 Å². The molecule has 1 aliphatic heterocycles. The van der Waals surface area contributed by atoms with Gasteiger partial charge in [0.15, 0.2) is 5.75 Å². The van der Waals surface area contributed by atoms with Gasteiger partial charge in [0.2, 0.25) is 11.9 Å². The summed E-state index contributed by atoms with van der Waals surface area (Å²) >= 11 is 0. The molecule has 2 saturated carbocycles. The molecule has 0 atom stereocenters. The molecular weight excluding hydrogens is 468 g/mol. The number of nitrogens with zero attached hydrogens (tertiary/aromatic N) is 5. The van der Waals surface area contributed by atoms with E-state index in [4.69, 9.17) is 4.74 Å². The van der Waals surface area contributed by atoms with Crippen LogP contribution in [0.4, 0.5) is 10.7 Å². The van der Waals surface area contributed by atoms with Crippen LogP contribution in [0.2, 0.25) is 0 Å². The minimum atomic E-state index is -0.290. The van der Waals surface area contributed by atoms with E-state index in [0.717, 1.165) is 32.2 Å². The van der Waals surface area contributed by atoms with E-state index in [1.54, 1.807) is 4.90 Å². The van der Waals surface area contributed by atoms with Gasteiger partial charge >= 0.3 is 6.03 Å². The summed E-state index contributed by atoms with van der Waals surface area (Å²) < 4.78 is 5.08. The first-order chi connectivity index (χ1) is 17.8. The molecule has 0 unspecified atom stereocenters. The lowest BCUT2D eigenvalue weighted by Gasteiger charge is -2.51. The van der Waals surface area contributed by atoms with Crippen LogP contribution in [0.25, 0.3) is 0 Å². The predicted octanol–water partition coefficient (Wildman–Crippen LogP) is 3.73. The molecule has 3 aliphatic rings. The van der Waals surface area contributed by atoms with Crippen molar-refractivity contribution in [3.8, 4) is 5.75 Å². The molecule has 1 saturated heterocycles. The summed E-state index contributed by atoms with van der Waals surface area (Å²) in [5.74, 6) is 0.997. The summed E-state index contributed by atoms with van der Waals surface area (Å²) in [7, 11) is 5.86. The molecule has 1 aromatic heterocycles. The summed E-state index contributed by atoms with van der Waals surface area (Å²) in [6.45, 7) is 1.36. The quantitative estimate of drug-likeness (QED) is 0.587. The molecule has 3 amide bonds. The number of ether oxygens (including phenoxy) is 1. The normalized spacial score (nSPS) is 26.0. The zero-order valence-corrected chi connectivity index (χ0v) is 22.2. The number of urea groups is 1. The van der Waals surface area contributed by atoms with Crippen LogP contribution in [0, 0.1) is 5.92 Å². The Labute approximate surface area is 219 Å². The highest BCUT2D eigenvalue weighted by Crippen LogP contribution is 2.49. The molecule has 2 aromatic rings. The Morgan fingerprint density at radius 3 is 2.35 bits per heavy atom. The van der Waals surface area contributed by atoms with Gasteiger partial charge in [0, 0.05) is 18.6 Å². The Bertz CT molecular complexity index is 1090. The number of methoxy groups -OCH3 is 1. The lowest BCUT2D eigenvalue weighted by atomic mass is 9.68. The zero-order valence-electron chi connectivity index (χ0n) is 22.2. The number of rotatable bonds is 8. The third-order valence-corrected chi connectivity index (χ3v) is 8.85. The molecule has 2 heterocycles. The van der Waals surface area contributed by atoms with Crippen LogP contribution in [0.5, 0.6) is 5.75 Å². The second kappa shape index (κ2) is 10.3. The van der Waals surface area contributed by atoms with Gasteiger partial charge in [0.1, 0.15) is 6.54 Å². The van der Waals surface area contributed by atoms with Gasteiger partial charge in [-0.15, -0.1) is 0 Å². The first kappa shape index (κ1) is 25.4. The smallest absolute Gasteiger partial charge is 0.321 e. The van der Waals surface area contributed by atoms with Crippen molar-refractivity contribution in [3.63, 3.8) is 0 Å². The maximum Gasteiger partial charge on any atom is 0.321 e. The van der Waals surface area contributed by atoms with Gasteiger partial charge < -0.3 is 14.5 Å². The van der Waals surface area contributed by atoms with Crippen LogP contribution in [0.1, 0.15) is 50.5 Å². The Kier molecular flexibility index (Phi) is 7.07. The summed E-state index contributed by atoms with van der Waals surface area (Å²) in [6, 6.07) is 10.7. The van der Waals surface area contributed by atoms with E-state index in [1.165, 1.54) is 44.3 Å². The van der Waals surface area contributed by atoms with Gasteiger partial charge in [0.05, 0.1) is 25.0 Å². The number of amides is 3. The second-order valence-electron chi connectivity index (χ2n) is 11.1. The molecule has 37 heavy (non-hydrogen) atoms. The molecule has 9 heteroatoms. The van der Waals surface area contributed by atoms with Crippen LogP contribution in [0.15, 0.2) is 42.7 Å². The van der Waals surface area contributed by atoms with E-state index >= 15 is 0 Å². The number of anilines is 1. The number of aromatic nitrogens is 2. The van der Waals surface area contributed by atoms with Crippen LogP contribution >= 0.6 is 0 Å². The molecule has 0 radical (unpaired) electrons. The van der Waals surface area contributed by atoms with Gasteiger partial charge in [-0.3, -0.25) is 15.0 Å². The van der Waals surface area contributed by atoms with Gasteiger partial charge in [-0.25, -0.2) is 14.8 Å². The fourth-order valence-corrected chi connectivity index (χ4v) is 6.33. The fourth-order valence-electron chi connectivity index (χ4n) is 6.33. The number of benzene rings is 1. The summed E-state index contributed by atoms with van der Waals surface area (Å²) in [5, 5.41) is 2.72. The lowest BCUT2D eigenvalue weighted by molar-refractivity contribution is -0.116. The molecule has 5 rings (SSSR count). The SMILES string of the molecule is COc1cnc(NC(=O)CN2CC3(CCC(c4ccccc4)(N(C)C)CC3)N(CC3CCC3)C2=O)nc1. The minimum absolute atomic E-state index is 0.00531. The average molecular weight is 507 g/mol. The summed E-state index contributed by atoms with van der Waals surface area (Å²) in [4.78, 5) is 41.0. The van der Waals surface area contributed by atoms with Crippen LogP contribution in [-0.4, -0.2) is 83.0 Å². The van der Waals surface area contributed by atoms with E-state index in [0.29, 0.717) is 18.2 Å². The van der Waals surface area contributed by atoms with E-state index in [1.807, 2.05) is 0 Å². The maximum absolute atomic E-state index is 13.7. The fraction of sp³-hybridized carbons (Fsp3) is 0.571. The highest BCUT2D eigenvalue weighted by atomic mass is 16.5. The van der Waals surface area contributed by atoms with Crippen molar-refractivity contribution in [2.45, 2.75) is 56.0 Å². The van der Waals surface area contributed by atoms with Crippen molar-refractivity contribution in [1.29, 1.82) is 0 Å². The van der Waals surface area contributed by atoms with Gasteiger partial charge in [-0.2, -0.15) is 0 Å². The third-order valence-electron chi connectivity index (χ3n) is 8.85. The Hall–Kier alpha value is -3.20. The Morgan fingerprint density at radius 2 is 1.78 bits per heavy atom. The van der Waals surface area contributed by atoms with E-state index in [-0.39, 0.29) is 35.5 Å². The molecule has 198 valence electrons. The molecule has 1 N–H and O–H groups in total. The van der Waals surface area contributed by atoms with E-state index in [9.17, 15) is 9.59 Å². The van der Waals surface area contributed by atoms with E-state index < -0.39 is 0 Å². The Balaban J connectivity index is 1.32. The van der Waals surface area contributed by atoms with Crippen molar-refractivity contribution in [2.24, 2.45) is 5.92 Å². The number of nitrogens with one attached hydrogen (secondary N) is 1. The predicted molar refractivity (Wildman–Crippen MR) is 141 cm³/mol. The van der Waals surface area contributed by atoms with Crippen LogP contribution in [0.3, 0.4) is 0 Å². The second-order valence-corrected chi connectivity index (χ2v) is 11.1. The summed E-state index contributed by atoms with van der Waals surface area (Å²) in [5.41, 5.74) is 1.05. The monoisotopic (exact) mass is 506 g/mol. The average Bonchev–Trinajstić information content (AvgIpc) is 3.12. The largest absolute Gasteiger partial charge is 0.494 e. The van der Waals surface area contributed by atoms with Crippen molar-refractivity contribution in [3.05, 3.63) is 48.3 Å². The molecule has 3 fully saturated rings. The Morgan fingerprint density at radius 1 is 1.11 bits per heavy atom. The molecule has 0 bridgehead atoms. The molecule has 1 spiro atoms. The molecule has 2 aliphatic carbocycles. The number of carbonyl (C=O) groups excluding carboxylic acids is 2. The van der Waals surface area contributed by atoms with Gasteiger partial charge in [-0.05, 0) is 64.1 Å². The van der Waals surface area contributed by atoms with Crippen LogP contribution < -0.4 is 10.1 Å². The summed E-state index contributed by atoms with van der Waals surface area (Å²) in [6.07, 6.45) is 10.4. The highest BCUT2D eigenvalue weighted by Gasteiger charge is 2.55. The van der Waals surface area contributed by atoms with Gasteiger partial charge in [0.25, 0.3) is 0 Å². The molecular formula is C28H38N6O3. The highest BCUT2D eigenvalue weighted by molar-refractivity contribution is 5.93. The molecule has 9 nitrogen and oxygen atoms in total. The first-order valence-electron chi connectivity index (χ1n) is 13.3. The topological polar surface area (TPSA) is 90.9 Å². The number of carbonyl (C=O) groups is 2. The zero-order chi connectivity index (χ0) is 26.0. The van der Waals surface area contributed by atoms with Crippen molar-refractivity contribution >= 4 is 17.9 Å².